The molecule has 6 heteroatoms. The van der Waals surface area contributed by atoms with Gasteiger partial charge in [-0.1, -0.05) is 0 Å². The fraction of sp³-hybridized carbons (Fsp3) is 0.385. The summed E-state index contributed by atoms with van der Waals surface area (Å²) in [6.45, 7) is 0.948. The van der Waals surface area contributed by atoms with Crippen molar-refractivity contribution in [1.29, 1.82) is 0 Å². The van der Waals surface area contributed by atoms with Crippen molar-refractivity contribution in [1.82, 2.24) is 0 Å². The maximum absolute atomic E-state index is 11.8. The van der Waals surface area contributed by atoms with Crippen molar-refractivity contribution in [2.24, 2.45) is 0 Å². The molecule has 0 atom stereocenters. The number of benzene rings is 1. The van der Waals surface area contributed by atoms with Crippen LogP contribution in [0.1, 0.15) is 10.4 Å². The topological polar surface area (TPSA) is 55.8 Å². The summed E-state index contributed by atoms with van der Waals surface area (Å²) in [6.07, 6.45) is -0.299. The highest BCUT2D eigenvalue weighted by atomic mass is 32.2. The van der Waals surface area contributed by atoms with Gasteiger partial charge < -0.3 is 9.47 Å². The number of thioether (sulfide) groups is 1. The monoisotopic (exact) mass is 279 g/mol. The van der Waals surface area contributed by atoms with Crippen LogP contribution in [0, 0.1) is 0 Å². The number of hydrogen-bond acceptors (Lipinski definition) is 5. The predicted octanol–water partition coefficient (Wildman–Crippen LogP) is 1.92. The van der Waals surface area contributed by atoms with Crippen molar-refractivity contribution in [2.45, 2.75) is 6.10 Å². The SMILES string of the molecule is O=C(OC1CSC1)c1ccc(N2CCOC2=O)cc1. The summed E-state index contributed by atoms with van der Waals surface area (Å²) < 4.78 is 10.2. The van der Waals surface area contributed by atoms with Gasteiger partial charge in [0, 0.05) is 17.2 Å². The molecule has 0 aromatic heterocycles. The second-order valence-electron chi connectivity index (χ2n) is 4.38. The molecule has 1 aromatic rings. The first-order chi connectivity index (χ1) is 9.24. The van der Waals surface area contributed by atoms with E-state index in [0.29, 0.717) is 18.7 Å². The van der Waals surface area contributed by atoms with Crippen LogP contribution in [-0.4, -0.2) is 42.8 Å². The van der Waals surface area contributed by atoms with Gasteiger partial charge in [-0.15, -0.1) is 0 Å². The number of cyclic esters (lactones) is 1. The number of anilines is 1. The quantitative estimate of drug-likeness (QED) is 0.791. The molecule has 3 rings (SSSR count). The zero-order valence-electron chi connectivity index (χ0n) is 10.2. The Morgan fingerprint density at radius 2 is 2.05 bits per heavy atom. The lowest BCUT2D eigenvalue weighted by Crippen LogP contribution is -2.30. The number of esters is 1. The molecule has 2 fully saturated rings. The van der Waals surface area contributed by atoms with E-state index in [-0.39, 0.29) is 18.2 Å². The van der Waals surface area contributed by atoms with E-state index in [1.54, 1.807) is 36.0 Å². The molecule has 0 N–H and O–H groups in total. The maximum Gasteiger partial charge on any atom is 0.414 e. The smallest absolute Gasteiger partial charge is 0.414 e. The first kappa shape index (κ1) is 12.3. The summed E-state index contributed by atoms with van der Waals surface area (Å²) in [7, 11) is 0. The van der Waals surface area contributed by atoms with Gasteiger partial charge in [-0.2, -0.15) is 11.8 Å². The molecule has 0 aliphatic carbocycles. The van der Waals surface area contributed by atoms with E-state index in [1.165, 1.54) is 4.90 Å². The van der Waals surface area contributed by atoms with Gasteiger partial charge in [0.25, 0.3) is 0 Å². The third kappa shape index (κ3) is 2.53. The van der Waals surface area contributed by atoms with E-state index in [0.717, 1.165) is 17.2 Å². The van der Waals surface area contributed by atoms with Crippen LogP contribution in [0.2, 0.25) is 0 Å². The van der Waals surface area contributed by atoms with E-state index in [1.807, 2.05) is 0 Å². The van der Waals surface area contributed by atoms with E-state index in [2.05, 4.69) is 0 Å². The van der Waals surface area contributed by atoms with Gasteiger partial charge in [-0.05, 0) is 24.3 Å². The number of amides is 1. The molecule has 1 aromatic carbocycles. The Kier molecular flexibility index (Phi) is 3.33. The predicted molar refractivity (Wildman–Crippen MR) is 71.7 cm³/mol. The summed E-state index contributed by atoms with van der Waals surface area (Å²) in [5.41, 5.74) is 1.24. The molecule has 100 valence electrons. The maximum atomic E-state index is 11.8. The molecule has 2 saturated heterocycles. The molecule has 2 heterocycles. The molecular weight excluding hydrogens is 266 g/mol. The van der Waals surface area contributed by atoms with Crippen LogP contribution < -0.4 is 4.90 Å². The average molecular weight is 279 g/mol. The van der Waals surface area contributed by atoms with Crippen molar-refractivity contribution < 1.29 is 19.1 Å². The first-order valence-electron chi connectivity index (χ1n) is 6.07. The lowest BCUT2D eigenvalue weighted by atomic mass is 10.2. The highest BCUT2D eigenvalue weighted by molar-refractivity contribution is 8.00. The lowest BCUT2D eigenvalue weighted by molar-refractivity contribution is 0.0375. The highest BCUT2D eigenvalue weighted by Crippen LogP contribution is 2.23. The van der Waals surface area contributed by atoms with E-state index >= 15 is 0 Å². The third-order valence-corrected chi connectivity index (χ3v) is 4.27. The summed E-state index contributed by atoms with van der Waals surface area (Å²) in [5, 5.41) is 0. The van der Waals surface area contributed by atoms with Gasteiger partial charge in [0.05, 0.1) is 12.1 Å². The van der Waals surface area contributed by atoms with E-state index < -0.39 is 0 Å². The Bertz CT molecular complexity index is 498. The largest absolute Gasteiger partial charge is 0.457 e. The van der Waals surface area contributed by atoms with Crippen molar-refractivity contribution in [3.05, 3.63) is 29.8 Å². The molecule has 0 spiro atoms. The Labute approximate surface area is 114 Å². The van der Waals surface area contributed by atoms with Crippen LogP contribution in [0.3, 0.4) is 0 Å². The molecule has 2 aliphatic rings. The minimum absolute atomic E-state index is 0.0470. The Hall–Kier alpha value is -1.69. The number of nitrogens with zero attached hydrogens (tertiary/aromatic N) is 1. The minimum atomic E-state index is -0.346. The van der Waals surface area contributed by atoms with Crippen LogP contribution in [0.15, 0.2) is 24.3 Å². The molecule has 0 saturated carbocycles. The van der Waals surface area contributed by atoms with Crippen LogP contribution in [0.4, 0.5) is 10.5 Å². The molecule has 0 bridgehead atoms. The number of carbonyl (C=O) groups excluding carboxylic acids is 2. The summed E-state index contributed by atoms with van der Waals surface area (Å²) >= 11 is 1.77. The average Bonchev–Trinajstić information content (AvgIpc) is 2.80. The zero-order valence-corrected chi connectivity index (χ0v) is 11.0. The fourth-order valence-electron chi connectivity index (χ4n) is 1.91. The number of carbonyl (C=O) groups is 2. The Morgan fingerprint density at radius 1 is 1.32 bits per heavy atom. The minimum Gasteiger partial charge on any atom is -0.457 e. The molecule has 1 amide bonds. The summed E-state index contributed by atoms with van der Waals surface area (Å²) in [6, 6.07) is 6.82. The number of rotatable bonds is 3. The number of ether oxygens (including phenoxy) is 2. The molecule has 19 heavy (non-hydrogen) atoms. The summed E-state index contributed by atoms with van der Waals surface area (Å²) in [5.74, 6) is 1.45. The molecule has 0 radical (unpaired) electrons. The second kappa shape index (κ2) is 5.13. The third-order valence-electron chi connectivity index (χ3n) is 3.06. The Balaban J connectivity index is 1.67. The van der Waals surface area contributed by atoms with Crippen molar-refractivity contribution in [3.63, 3.8) is 0 Å². The molecular formula is C13H13NO4S. The van der Waals surface area contributed by atoms with Crippen molar-refractivity contribution in [2.75, 3.05) is 29.6 Å². The van der Waals surface area contributed by atoms with Gasteiger partial charge in [0.15, 0.2) is 0 Å². The van der Waals surface area contributed by atoms with Crippen LogP contribution in [0.5, 0.6) is 0 Å². The van der Waals surface area contributed by atoms with Crippen LogP contribution >= 0.6 is 11.8 Å². The van der Waals surface area contributed by atoms with Crippen molar-refractivity contribution >= 4 is 29.5 Å². The van der Waals surface area contributed by atoms with Crippen LogP contribution in [-0.2, 0) is 9.47 Å². The van der Waals surface area contributed by atoms with E-state index in [9.17, 15) is 9.59 Å². The summed E-state index contributed by atoms with van der Waals surface area (Å²) in [4.78, 5) is 24.7. The van der Waals surface area contributed by atoms with Crippen LogP contribution in [0.25, 0.3) is 0 Å². The van der Waals surface area contributed by atoms with Gasteiger partial charge in [-0.25, -0.2) is 9.59 Å². The fourth-order valence-corrected chi connectivity index (χ4v) is 2.47. The lowest BCUT2D eigenvalue weighted by Gasteiger charge is -2.24. The zero-order chi connectivity index (χ0) is 13.2. The number of hydrogen-bond donors (Lipinski definition) is 0. The van der Waals surface area contributed by atoms with Gasteiger partial charge >= 0.3 is 12.1 Å². The molecule has 5 nitrogen and oxygen atoms in total. The van der Waals surface area contributed by atoms with Crippen molar-refractivity contribution in [3.8, 4) is 0 Å². The van der Waals surface area contributed by atoms with Gasteiger partial charge in [0.2, 0.25) is 0 Å². The molecule has 2 aliphatic heterocycles. The normalized spacial score (nSPS) is 18.9. The standard InChI is InChI=1S/C13H13NO4S/c15-12(18-11-7-19-8-11)9-1-3-10(4-2-9)14-5-6-17-13(14)16/h1-4,11H,5-8H2. The van der Waals surface area contributed by atoms with E-state index in [4.69, 9.17) is 9.47 Å². The van der Waals surface area contributed by atoms with Gasteiger partial charge in [-0.3, -0.25) is 4.90 Å². The highest BCUT2D eigenvalue weighted by Gasteiger charge is 2.25. The second-order valence-corrected chi connectivity index (χ2v) is 5.45. The molecule has 0 unspecified atom stereocenters. The Morgan fingerprint density at radius 3 is 2.58 bits per heavy atom. The first-order valence-corrected chi connectivity index (χ1v) is 7.22. The van der Waals surface area contributed by atoms with Gasteiger partial charge in [0.1, 0.15) is 12.7 Å².